The van der Waals surface area contributed by atoms with Crippen LogP contribution in [-0.4, -0.2) is 65.2 Å². The number of benzene rings is 3. The highest BCUT2D eigenvalue weighted by molar-refractivity contribution is 6.32. The monoisotopic (exact) mass is 736 g/mol. The average Bonchev–Trinajstić information content (AvgIpc) is 3.17. The fraction of sp³-hybridized carbons (Fsp3) is 0.419. The van der Waals surface area contributed by atoms with Crippen LogP contribution in [0.25, 0.3) is 11.1 Å². The molecule has 3 aromatic carbocycles. The fourth-order valence-corrected chi connectivity index (χ4v) is 7.61. The first-order valence-electron chi connectivity index (χ1n) is 18.7. The molecule has 2 fully saturated rings. The summed E-state index contributed by atoms with van der Waals surface area (Å²) in [6, 6.07) is 20.2. The zero-order chi connectivity index (χ0) is 37.2. The van der Waals surface area contributed by atoms with Crippen molar-refractivity contribution in [3.8, 4) is 34.4 Å². The van der Waals surface area contributed by atoms with E-state index < -0.39 is 5.97 Å². The number of rotatable bonds is 15. The number of nitriles is 1. The normalized spacial score (nSPS) is 16.5. The topological polar surface area (TPSA) is 108 Å². The van der Waals surface area contributed by atoms with E-state index in [0.29, 0.717) is 41.8 Å². The molecule has 4 aromatic rings. The van der Waals surface area contributed by atoms with Crippen molar-refractivity contribution in [3.63, 3.8) is 0 Å². The molecule has 1 N–H and O–H groups in total. The van der Waals surface area contributed by atoms with E-state index >= 15 is 0 Å². The van der Waals surface area contributed by atoms with E-state index in [9.17, 15) is 15.2 Å². The summed E-state index contributed by atoms with van der Waals surface area (Å²) in [7, 11) is 0. The molecule has 53 heavy (non-hydrogen) atoms. The molecular formula is C43H49ClN4O5. The molecule has 0 radical (unpaired) electrons. The maximum Gasteiger partial charge on any atom is 0.307 e. The van der Waals surface area contributed by atoms with Gasteiger partial charge in [-0.2, -0.15) is 5.26 Å². The van der Waals surface area contributed by atoms with Crippen molar-refractivity contribution >= 4 is 17.6 Å². The minimum atomic E-state index is -0.695. The molecule has 0 spiro atoms. The van der Waals surface area contributed by atoms with Crippen LogP contribution in [0.4, 0.5) is 0 Å². The number of piperidine rings is 2. The maximum absolute atomic E-state index is 11.4. The molecule has 0 aliphatic carbocycles. The number of pyridine rings is 1. The molecule has 2 aliphatic rings. The van der Waals surface area contributed by atoms with Crippen molar-refractivity contribution in [2.24, 2.45) is 5.92 Å². The highest BCUT2D eigenvalue weighted by Crippen LogP contribution is 2.37. The first-order chi connectivity index (χ1) is 25.8. The third-order valence-corrected chi connectivity index (χ3v) is 10.7. The van der Waals surface area contributed by atoms with Gasteiger partial charge in [-0.15, -0.1) is 0 Å². The number of nitrogens with zero attached hydrogens (tertiary/aromatic N) is 4. The molecule has 2 saturated heterocycles. The molecule has 2 aliphatic heterocycles. The molecule has 6 rings (SSSR count). The van der Waals surface area contributed by atoms with Crippen LogP contribution in [0, 0.1) is 31.1 Å². The lowest BCUT2D eigenvalue weighted by Gasteiger charge is -2.30. The average molecular weight is 737 g/mol. The van der Waals surface area contributed by atoms with Crippen LogP contribution in [0.15, 0.2) is 67.0 Å². The van der Waals surface area contributed by atoms with Crippen LogP contribution in [-0.2, 0) is 24.6 Å². The van der Waals surface area contributed by atoms with Crippen molar-refractivity contribution < 1.29 is 24.1 Å². The van der Waals surface area contributed by atoms with Gasteiger partial charge in [-0.05, 0) is 112 Å². The van der Waals surface area contributed by atoms with Gasteiger partial charge in [0, 0.05) is 49.2 Å². The van der Waals surface area contributed by atoms with Gasteiger partial charge >= 0.3 is 5.97 Å². The predicted molar refractivity (Wildman–Crippen MR) is 206 cm³/mol. The molecule has 3 heterocycles. The van der Waals surface area contributed by atoms with Gasteiger partial charge in [-0.3, -0.25) is 14.7 Å². The standard InChI is InChI=1S/C43H49ClN4O5/c1-30-35(10-6-12-37(30)38-13-7-14-40(31(38)2)51-19-9-18-48-17-8-11-34(26-48)43(49)50)29-53-42-22-41(52-28-33-20-32(23-45)24-46-25-33)36(21-39(42)44)27-47-15-4-3-5-16-47/h6-7,10,12-14,20-22,24-25,34H,3-5,8-9,11,15-19,26-29H2,1-2H3,(H,49,50). The van der Waals surface area contributed by atoms with E-state index in [-0.39, 0.29) is 12.5 Å². The minimum Gasteiger partial charge on any atom is -0.493 e. The van der Waals surface area contributed by atoms with E-state index in [0.717, 1.165) is 96.7 Å². The lowest BCUT2D eigenvalue weighted by atomic mass is 9.93. The number of halogens is 1. The molecule has 0 saturated carbocycles. The van der Waals surface area contributed by atoms with E-state index in [4.69, 9.17) is 25.8 Å². The Kier molecular flexibility index (Phi) is 13.2. The first-order valence-corrected chi connectivity index (χ1v) is 19.1. The molecule has 278 valence electrons. The smallest absolute Gasteiger partial charge is 0.307 e. The Hall–Kier alpha value is -4.62. The van der Waals surface area contributed by atoms with Gasteiger partial charge in [0.1, 0.15) is 36.5 Å². The second-order valence-corrected chi connectivity index (χ2v) is 14.6. The number of carbonyl (C=O) groups is 1. The number of ether oxygens (including phenoxy) is 3. The van der Waals surface area contributed by atoms with Crippen LogP contribution < -0.4 is 14.2 Å². The van der Waals surface area contributed by atoms with Crippen molar-refractivity contribution in [2.45, 2.75) is 72.1 Å². The van der Waals surface area contributed by atoms with Crippen molar-refractivity contribution in [3.05, 3.63) is 105 Å². The van der Waals surface area contributed by atoms with Crippen LogP contribution in [0.2, 0.25) is 5.02 Å². The summed E-state index contributed by atoms with van der Waals surface area (Å²) in [4.78, 5) is 20.3. The van der Waals surface area contributed by atoms with Gasteiger partial charge in [-0.1, -0.05) is 48.4 Å². The Morgan fingerprint density at radius 3 is 2.42 bits per heavy atom. The van der Waals surface area contributed by atoms with Gasteiger partial charge in [0.2, 0.25) is 0 Å². The number of hydrogen-bond acceptors (Lipinski definition) is 8. The Morgan fingerprint density at radius 1 is 0.868 bits per heavy atom. The lowest BCUT2D eigenvalue weighted by Crippen LogP contribution is -2.39. The van der Waals surface area contributed by atoms with Gasteiger partial charge < -0.3 is 24.2 Å². The maximum atomic E-state index is 11.4. The largest absolute Gasteiger partial charge is 0.493 e. The summed E-state index contributed by atoms with van der Waals surface area (Å²) >= 11 is 6.88. The summed E-state index contributed by atoms with van der Waals surface area (Å²) in [6.07, 6.45) is 9.41. The van der Waals surface area contributed by atoms with E-state index in [1.54, 1.807) is 18.5 Å². The van der Waals surface area contributed by atoms with Crippen molar-refractivity contribution in [1.29, 1.82) is 5.26 Å². The highest BCUT2D eigenvalue weighted by Gasteiger charge is 2.25. The van der Waals surface area contributed by atoms with Gasteiger partial charge in [-0.25, -0.2) is 0 Å². The van der Waals surface area contributed by atoms with Gasteiger partial charge in [0.25, 0.3) is 0 Å². The first kappa shape index (κ1) is 38.1. The quantitative estimate of drug-likeness (QED) is 0.120. The number of aromatic nitrogens is 1. The van der Waals surface area contributed by atoms with Crippen LogP contribution in [0.5, 0.6) is 17.2 Å². The molecule has 0 amide bonds. The zero-order valence-electron chi connectivity index (χ0n) is 30.8. The molecule has 9 nitrogen and oxygen atoms in total. The van der Waals surface area contributed by atoms with Crippen molar-refractivity contribution in [1.82, 2.24) is 14.8 Å². The highest BCUT2D eigenvalue weighted by atomic mass is 35.5. The zero-order valence-corrected chi connectivity index (χ0v) is 31.5. The summed E-state index contributed by atoms with van der Waals surface area (Å²) in [5, 5.41) is 19.3. The van der Waals surface area contributed by atoms with Gasteiger partial charge in [0.05, 0.1) is 23.1 Å². The minimum absolute atomic E-state index is 0.269. The second kappa shape index (κ2) is 18.4. The summed E-state index contributed by atoms with van der Waals surface area (Å²) < 4.78 is 19.0. The second-order valence-electron chi connectivity index (χ2n) is 14.2. The summed E-state index contributed by atoms with van der Waals surface area (Å²) in [5.74, 6) is 1.14. The van der Waals surface area contributed by atoms with E-state index in [1.807, 2.05) is 24.3 Å². The molecule has 1 atom stereocenters. The van der Waals surface area contributed by atoms with Crippen LogP contribution in [0.3, 0.4) is 0 Å². The lowest BCUT2D eigenvalue weighted by molar-refractivity contribution is -0.143. The Balaban J connectivity index is 1.13. The summed E-state index contributed by atoms with van der Waals surface area (Å²) in [6.45, 7) is 10.6. The Morgan fingerprint density at radius 2 is 1.62 bits per heavy atom. The SMILES string of the molecule is Cc1c(COc2cc(OCc3cncc(C#N)c3)c(CN3CCCCC3)cc2Cl)cccc1-c1cccc(OCCCN2CCCC(C(=O)O)C2)c1C. The van der Waals surface area contributed by atoms with Gasteiger partial charge in [0.15, 0.2) is 0 Å². The van der Waals surface area contributed by atoms with E-state index in [1.165, 1.54) is 19.3 Å². The number of carboxylic acids is 1. The third kappa shape index (κ3) is 10.1. The summed E-state index contributed by atoms with van der Waals surface area (Å²) in [5.41, 5.74) is 7.76. The number of likely N-dealkylation sites (tertiary alicyclic amines) is 2. The Labute approximate surface area is 318 Å². The van der Waals surface area contributed by atoms with Crippen LogP contribution >= 0.6 is 11.6 Å². The number of hydrogen-bond donors (Lipinski definition) is 1. The number of aliphatic carboxylic acids is 1. The van der Waals surface area contributed by atoms with Crippen LogP contribution in [0.1, 0.15) is 71.9 Å². The predicted octanol–water partition coefficient (Wildman–Crippen LogP) is 8.60. The van der Waals surface area contributed by atoms with Crippen molar-refractivity contribution in [2.75, 3.05) is 39.3 Å². The fourth-order valence-electron chi connectivity index (χ4n) is 7.37. The third-order valence-electron chi connectivity index (χ3n) is 10.4. The molecular weight excluding hydrogens is 688 g/mol. The molecule has 1 unspecified atom stereocenters. The molecule has 1 aromatic heterocycles. The molecule has 0 bridgehead atoms. The molecule has 10 heteroatoms. The Bertz CT molecular complexity index is 1920. The number of carboxylic acid groups (broad SMARTS) is 1. The van der Waals surface area contributed by atoms with E-state index in [2.05, 4.69) is 59.0 Å².